The van der Waals surface area contributed by atoms with Crippen molar-refractivity contribution in [1.29, 1.82) is 0 Å². The molecule has 0 heterocycles. The van der Waals surface area contributed by atoms with E-state index in [-0.39, 0.29) is 16.9 Å². The van der Waals surface area contributed by atoms with Crippen molar-refractivity contribution in [3.05, 3.63) is 75.8 Å². The predicted molar refractivity (Wildman–Crippen MR) is 98.2 cm³/mol. The number of hydrogen-bond acceptors (Lipinski definition) is 4. The van der Waals surface area contributed by atoms with Crippen LogP contribution in [0.3, 0.4) is 0 Å². The van der Waals surface area contributed by atoms with Gasteiger partial charge in [0.05, 0.1) is 6.61 Å². The summed E-state index contributed by atoms with van der Waals surface area (Å²) in [5.74, 6) is 1.41. The average Bonchev–Trinajstić information content (AvgIpc) is 2.58. The molecule has 0 N–H and O–H groups in total. The Bertz CT molecular complexity index is 606. The van der Waals surface area contributed by atoms with Gasteiger partial charge in [0.15, 0.2) is 0 Å². The van der Waals surface area contributed by atoms with Crippen LogP contribution in [0.25, 0.3) is 0 Å². The summed E-state index contributed by atoms with van der Waals surface area (Å²) in [6, 6.07) is 15.7. The first-order chi connectivity index (χ1) is 11.6. The van der Waals surface area contributed by atoms with Crippen LogP contribution in [0.5, 0.6) is 5.75 Å². The van der Waals surface area contributed by atoms with E-state index in [9.17, 15) is 10.1 Å². The van der Waals surface area contributed by atoms with E-state index in [1.165, 1.54) is 4.90 Å². The Kier molecular flexibility index (Phi) is 6.55. The molecule has 0 aliphatic rings. The van der Waals surface area contributed by atoms with E-state index < -0.39 is 0 Å². The summed E-state index contributed by atoms with van der Waals surface area (Å²) in [5.41, 5.74) is 1.82. The minimum absolute atomic E-state index is 0.218. The fourth-order valence-corrected chi connectivity index (χ4v) is 3.29. The number of ether oxygens (including phenoxy) is 1. The van der Waals surface area contributed by atoms with Crippen LogP contribution in [0.1, 0.15) is 37.8 Å². The number of nitro groups is 1. The summed E-state index contributed by atoms with van der Waals surface area (Å²) in [6.07, 6.45) is 0. The van der Waals surface area contributed by atoms with Crippen LogP contribution in [0.2, 0.25) is 0 Å². The number of benzene rings is 2. The molecule has 2 aromatic carbocycles. The highest BCUT2D eigenvalue weighted by Gasteiger charge is 2.18. The zero-order chi connectivity index (χ0) is 17.5. The van der Waals surface area contributed by atoms with Crippen molar-refractivity contribution in [3.8, 4) is 5.75 Å². The second kappa shape index (κ2) is 8.64. The number of rotatable bonds is 8. The molecule has 24 heavy (non-hydrogen) atoms. The molecular weight excluding hydrogens is 322 g/mol. The van der Waals surface area contributed by atoms with Crippen molar-refractivity contribution in [1.82, 2.24) is 0 Å². The molecule has 0 amide bonds. The van der Waals surface area contributed by atoms with Crippen molar-refractivity contribution in [2.24, 2.45) is 0 Å². The third-order valence-electron chi connectivity index (χ3n) is 3.75. The molecule has 4 nitrogen and oxygen atoms in total. The van der Waals surface area contributed by atoms with E-state index in [0.717, 1.165) is 22.6 Å². The first-order valence-electron chi connectivity index (χ1n) is 8.00. The molecule has 2 aromatic rings. The minimum Gasteiger partial charge on any atom is -0.494 e. The van der Waals surface area contributed by atoms with Crippen LogP contribution in [-0.4, -0.2) is 17.3 Å². The minimum atomic E-state index is -0.364. The molecule has 0 spiro atoms. The second-order valence-electron chi connectivity index (χ2n) is 5.34. The molecule has 2 rings (SSSR count). The number of nitrogens with zero attached hydrogens (tertiary/aromatic N) is 1. The third kappa shape index (κ3) is 4.45. The van der Waals surface area contributed by atoms with Crippen molar-refractivity contribution in [2.75, 3.05) is 12.4 Å². The van der Waals surface area contributed by atoms with Crippen molar-refractivity contribution >= 4 is 11.8 Å². The van der Waals surface area contributed by atoms with Gasteiger partial charge < -0.3 is 4.74 Å². The predicted octanol–water partition coefficient (Wildman–Crippen LogP) is 5.16. The maximum atomic E-state index is 11.4. The first-order valence-corrected chi connectivity index (χ1v) is 8.98. The van der Waals surface area contributed by atoms with E-state index in [1.54, 1.807) is 18.7 Å². The summed E-state index contributed by atoms with van der Waals surface area (Å²) in [4.78, 5) is 12.2. The monoisotopic (exact) mass is 344 g/mol. The number of thioether (sulfide) groups is 1. The van der Waals surface area contributed by atoms with Gasteiger partial charge in [-0.2, -0.15) is 0 Å². The molecule has 0 fully saturated rings. The summed E-state index contributed by atoms with van der Waals surface area (Å²) < 4.78 is 5.45. The summed E-state index contributed by atoms with van der Waals surface area (Å²) in [5, 5.41) is 11.4. The largest absolute Gasteiger partial charge is 0.494 e. The normalized spacial score (nSPS) is 11.8. The highest BCUT2D eigenvalue weighted by Crippen LogP contribution is 2.35. The smallest absolute Gasteiger partial charge is 0.119 e. The van der Waals surface area contributed by atoms with Gasteiger partial charge in [0.2, 0.25) is 0 Å². The lowest BCUT2D eigenvalue weighted by atomic mass is 9.86. The fourth-order valence-electron chi connectivity index (χ4n) is 2.63. The molecule has 128 valence electrons. The third-order valence-corrected chi connectivity index (χ3v) is 4.65. The molecule has 5 heteroatoms. The van der Waals surface area contributed by atoms with Crippen LogP contribution in [0, 0.1) is 16.2 Å². The maximum Gasteiger partial charge on any atom is 0.119 e. The van der Waals surface area contributed by atoms with Crippen LogP contribution in [0.15, 0.2) is 53.4 Å². The lowest BCUT2D eigenvalue weighted by molar-refractivity contribution is -0.467. The summed E-state index contributed by atoms with van der Waals surface area (Å²) in [6.45, 7) is 6.21. The van der Waals surface area contributed by atoms with E-state index in [1.807, 2.05) is 55.5 Å². The Balaban J connectivity index is 2.35. The van der Waals surface area contributed by atoms with E-state index in [2.05, 4.69) is 6.92 Å². The molecule has 0 aromatic heterocycles. The van der Waals surface area contributed by atoms with Crippen LogP contribution in [-0.2, 0) is 0 Å². The molecule has 0 aliphatic heterocycles. The summed E-state index contributed by atoms with van der Waals surface area (Å²) >= 11 is 1.76. The lowest BCUT2D eigenvalue weighted by Gasteiger charge is -2.29. The molecule has 0 radical (unpaired) electrons. The Morgan fingerprint density at radius 2 is 1.62 bits per heavy atom. The zero-order valence-electron chi connectivity index (χ0n) is 14.2. The van der Waals surface area contributed by atoms with E-state index in [4.69, 9.17) is 4.74 Å². The maximum absolute atomic E-state index is 11.4. The first kappa shape index (κ1) is 18.2. The highest BCUT2D eigenvalue weighted by atomic mass is 32.2. The van der Waals surface area contributed by atoms with Gasteiger partial charge in [-0.3, -0.25) is 10.1 Å². The Morgan fingerprint density at radius 3 is 2.08 bits per heavy atom. The van der Waals surface area contributed by atoms with Crippen LogP contribution >= 0.6 is 11.8 Å². The standard InChI is InChI=1S/C19H22NO3S/c1-4-23-17-10-6-15(7-11-17)19(14(3)20(21)22)16-8-12-18(13-9-16)24-5-2/h6-13,19H,4-5H2,1-3H3/q-1. The molecule has 1 unspecified atom stereocenters. The zero-order valence-corrected chi connectivity index (χ0v) is 15.0. The molecule has 0 saturated heterocycles. The Morgan fingerprint density at radius 1 is 1.08 bits per heavy atom. The van der Waals surface area contributed by atoms with Crippen molar-refractivity contribution < 1.29 is 9.66 Å². The fraction of sp³-hybridized carbons (Fsp3) is 0.316. The molecule has 0 bridgehead atoms. The van der Waals surface area contributed by atoms with Gasteiger partial charge in [-0.25, -0.2) is 0 Å². The highest BCUT2D eigenvalue weighted by molar-refractivity contribution is 7.99. The molecular formula is C19H22NO3S-. The topological polar surface area (TPSA) is 52.4 Å². The van der Waals surface area contributed by atoms with Crippen LogP contribution in [0.4, 0.5) is 0 Å². The molecule has 0 aliphatic carbocycles. The van der Waals surface area contributed by atoms with E-state index >= 15 is 0 Å². The molecule has 0 saturated carbocycles. The molecule has 1 atom stereocenters. The van der Waals surface area contributed by atoms with Crippen LogP contribution < -0.4 is 4.74 Å². The van der Waals surface area contributed by atoms with Gasteiger partial charge in [0.1, 0.15) is 5.75 Å². The summed E-state index contributed by atoms with van der Waals surface area (Å²) in [7, 11) is 0. The second-order valence-corrected chi connectivity index (χ2v) is 6.67. The van der Waals surface area contributed by atoms with Gasteiger partial charge in [-0.15, -0.1) is 23.6 Å². The van der Waals surface area contributed by atoms with Gasteiger partial charge in [0.25, 0.3) is 0 Å². The van der Waals surface area contributed by atoms with Gasteiger partial charge >= 0.3 is 0 Å². The Labute approximate surface area is 147 Å². The van der Waals surface area contributed by atoms with Crippen molar-refractivity contribution in [3.63, 3.8) is 0 Å². The van der Waals surface area contributed by atoms with Gasteiger partial charge in [-0.05, 0) is 48.9 Å². The Hall–Kier alpha value is -2.14. The lowest BCUT2D eigenvalue weighted by Crippen LogP contribution is -2.17. The van der Waals surface area contributed by atoms with E-state index in [0.29, 0.717) is 6.61 Å². The van der Waals surface area contributed by atoms with Gasteiger partial charge in [0, 0.05) is 4.90 Å². The quantitative estimate of drug-likeness (QED) is 0.287. The average molecular weight is 344 g/mol. The SMILES string of the molecule is CCOc1ccc(C(c2ccc(SCC)cc2)[C-](C)[N+](=O)[O-])cc1. The number of hydrogen-bond donors (Lipinski definition) is 0. The van der Waals surface area contributed by atoms with Gasteiger partial charge in [-0.1, -0.05) is 42.3 Å². The van der Waals surface area contributed by atoms with Crippen molar-refractivity contribution in [2.45, 2.75) is 31.6 Å².